The number of amides is 2. The second-order valence-corrected chi connectivity index (χ2v) is 8.52. The number of nitrogens with one attached hydrogen (secondary N) is 1. The van der Waals surface area contributed by atoms with Gasteiger partial charge >= 0.3 is 0 Å². The van der Waals surface area contributed by atoms with Crippen LogP contribution in [0.25, 0.3) is 0 Å². The molecule has 6 nitrogen and oxygen atoms in total. The minimum absolute atomic E-state index is 0.0681. The van der Waals surface area contributed by atoms with Gasteiger partial charge in [0.15, 0.2) is 0 Å². The Hall–Kier alpha value is -2.54. The van der Waals surface area contributed by atoms with E-state index in [0.29, 0.717) is 32.5 Å². The molecule has 0 aliphatic heterocycles. The van der Waals surface area contributed by atoms with Crippen LogP contribution in [0.3, 0.4) is 0 Å². The van der Waals surface area contributed by atoms with Gasteiger partial charge in [0.1, 0.15) is 17.5 Å². The zero-order valence-electron chi connectivity index (χ0n) is 19.1. The summed E-state index contributed by atoms with van der Waals surface area (Å²) in [5, 5.41) is 2.94. The van der Waals surface area contributed by atoms with E-state index in [-0.39, 0.29) is 11.8 Å². The molecule has 0 aliphatic rings. The molecule has 0 fully saturated rings. The van der Waals surface area contributed by atoms with Crippen molar-refractivity contribution in [2.45, 2.75) is 52.1 Å². The summed E-state index contributed by atoms with van der Waals surface area (Å²) in [6, 6.07) is 14.6. The SMILES string of the molecule is CCCCNC(=O)[C@@H](C)N(Cc1cccc(Br)c1)C(=O)CCCOc1ccc(OC)cc1. The molecular weight excluding hydrogens is 472 g/mol. The number of carbonyl (C=O) groups is 2. The summed E-state index contributed by atoms with van der Waals surface area (Å²) in [4.78, 5) is 27.4. The fourth-order valence-corrected chi connectivity index (χ4v) is 3.63. The summed E-state index contributed by atoms with van der Waals surface area (Å²) in [6.07, 6.45) is 2.78. The minimum Gasteiger partial charge on any atom is -0.497 e. The average Bonchev–Trinajstić information content (AvgIpc) is 2.80. The molecule has 0 saturated heterocycles. The highest BCUT2D eigenvalue weighted by molar-refractivity contribution is 9.10. The van der Waals surface area contributed by atoms with Crippen LogP contribution in [-0.4, -0.2) is 43.0 Å². The Labute approximate surface area is 199 Å². The molecule has 0 unspecified atom stereocenters. The van der Waals surface area contributed by atoms with E-state index in [1.165, 1.54) is 0 Å². The lowest BCUT2D eigenvalue weighted by atomic mass is 10.1. The van der Waals surface area contributed by atoms with Gasteiger partial charge in [0.05, 0.1) is 13.7 Å². The van der Waals surface area contributed by atoms with Gasteiger partial charge in [-0.3, -0.25) is 9.59 Å². The summed E-state index contributed by atoms with van der Waals surface area (Å²) < 4.78 is 11.8. The number of hydrogen-bond acceptors (Lipinski definition) is 4. The van der Waals surface area contributed by atoms with Crippen LogP contribution >= 0.6 is 15.9 Å². The van der Waals surface area contributed by atoms with Crippen LogP contribution in [0, 0.1) is 0 Å². The highest BCUT2D eigenvalue weighted by atomic mass is 79.9. The molecule has 2 aromatic carbocycles. The first-order valence-corrected chi connectivity index (χ1v) is 11.8. The molecule has 1 N–H and O–H groups in total. The van der Waals surface area contributed by atoms with E-state index in [1.807, 2.05) is 48.5 Å². The van der Waals surface area contributed by atoms with Crippen molar-refractivity contribution >= 4 is 27.7 Å². The number of nitrogens with zero attached hydrogens (tertiary/aromatic N) is 1. The number of hydrogen-bond donors (Lipinski definition) is 1. The van der Waals surface area contributed by atoms with Crippen LogP contribution in [0.4, 0.5) is 0 Å². The zero-order chi connectivity index (χ0) is 23.3. The fraction of sp³-hybridized carbons (Fsp3) is 0.440. The van der Waals surface area contributed by atoms with Crippen LogP contribution in [0.15, 0.2) is 53.0 Å². The minimum atomic E-state index is -0.555. The quantitative estimate of drug-likeness (QED) is 0.391. The Bertz CT molecular complexity index is 857. The van der Waals surface area contributed by atoms with E-state index in [4.69, 9.17) is 9.47 Å². The summed E-state index contributed by atoms with van der Waals surface area (Å²) in [5.41, 5.74) is 0.968. The molecule has 32 heavy (non-hydrogen) atoms. The molecule has 7 heteroatoms. The van der Waals surface area contributed by atoms with E-state index in [0.717, 1.165) is 34.4 Å². The molecule has 0 aromatic heterocycles. The maximum atomic E-state index is 13.1. The highest BCUT2D eigenvalue weighted by Crippen LogP contribution is 2.18. The predicted molar refractivity (Wildman–Crippen MR) is 130 cm³/mol. The molecule has 0 bridgehead atoms. The number of benzene rings is 2. The Morgan fingerprint density at radius 2 is 1.81 bits per heavy atom. The largest absolute Gasteiger partial charge is 0.497 e. The second kappa shape index (κ2) is 13.8. The topological polar surface area (TPSA) is 67.9 Å². The van der Waals surface area contributed by atoms with Crippen molar-refractivity contribution in [3.05, 3.63) is 58.6 Å². The molecule has 2 aromatic rings. The lowest BCUT2D eigenvalue weighted by molar-refractivity contribution is -0.140. The van der Waals surface area contributed by atoms with Crippen molar-refractivity contribution in [1.29, 1.82) is 0 Å². The third-order valence-electron chi connectivity index (χ3n) is 5.10. The van der Waals surface area contributed by atoms with Crippen molar-refractivity contribution in [3.63, 3.8) is 0 Å². The monoisotopic (exact) mass is 504 g/mol. The molecule has 2 amide bonds. The zero-order valence-corrected chi connectivity index (χ0v) is 20.7. The summed E-state index contributed by atoms with van der Waals surface area (Å²) >= 11 is 3.47. The maximum absolute atomic E-state index is 13.1. The van der Waals surface area contributed by atoms with Gasteiger partial charge in [-0.05, 0) is 61.7 Å². The Morgan fingerprint density at radius 1 is 1.09 bits per heavy atom. The van der Waals surface area contributed by atoms with Crippen molar-refractivity contribution in [3.8, 4) is 11.5 Å². The fourth-order valence-electron chi connectivity index (χ4n) is 3.18. The third kappa shape index (κ3) is 8.54. The van der Waals surface area contributed by atoms with Crippen molar-refractivity contribution in [1.82, 2.24) is 10.2 Å². The molecule has 2 rings (SSSR count). The van der Waals surface area contributed by atoms with Gasteiger partial charge in [-0.2, -0.15) is 0 Å². The van der Waals surface area contributed by atoms with Crippen molar-refractivity contribution in [2.75, 3.05) is 20.3 Å². The predicted octanol–water partition coefficient (Wildman–Crippen LogP) is 4.95. The Kier molecular flexibility index (Phi) is 11.1. The van der Waals surface area contributed by atoms with Gasteiger partial charge in [-0.1, -0.05) is 41.4 Å². The molecule has 0 radical (unpaired) electrons. The summed E-state index contributed by atoms with van der Waals surface area (Å²) in [5.74, 6) is 1.30. The number of carbonyl (C=O) groups excluding carboxylic acids is 2. The Morgan fingerprint density at radius 3 is 2.47 bits per heavy atom. The highest BCUT2D eigenvalue weighted by Gasteiger charge is 2.25. The molecule has 0 aliphatic carbocycles. The van der Waals surface area contributed by atoms with Gasteiger partial charge in [-0.25, -0.2) is 0 Å². The first-order chi connectivity index (χ1) is 15.4. The molecular formula is C25H33BrN2O4. The third-order valence-corrected chi connectivity index (χ3v) is 5.60. The van der Waals surface area contributed by atoms with Gasteiger partial charge < -0.3 is 19.7 Å². The van der Waals surface area contributed by atoms with E-state index < -0.39 is 6.04 Å². The van der Waals surface area contributed by atoms with E-state index in [1.54, 1.807) is 18.9 Å². The van der Waals surface area contributed by atoms with Gasteiger partial charge in [0, 0.05) is 24.0 Å². The average molecular weight is 505 g/mol. The van der Waals surface area contributed by atoms with Crippen LogP contribution < -0.4 is 14.8 Å². The normalized spacial score (nSPS) is 11.5. The first kappa shape index (κ1) is 25.7. The summed E-state index contributed by atoms with van der Waals surface area (Å²) in [6.45, 7) is 5.27. The molecule has 0 spiro atoms. The van der Waals surface area contributed by atoms with Crippen molar-refractivity contribution in [2.24, 2.45) is 0 Å². The van der Waals surface area contributed by atoms with Crippen LogP contribution in [0.1, 0.15) is 45.1 Å². The van der Waals surface area contributed by atoms with Gasteiger partial charge in [0.2, 0.25) is 11.8 Å². The lowest BCUT2D eigenvalue weighted by Gasteiger charge is -2.29. The second-order valence-electron chi connectivity index (χ2n) is 7.60. The van der Waals surface area contributed by atoms with Gasteiger partial charge in [-0.15, -0.1) is 0 Å². The maximum Gasteiger partial charge on any atom is 0.242 e. The molecule has 0 heterocycles. The number of halogens is 1. The van der Waals surface area contributed by atoms with E-state index in [2.05, 4.69) is 28.2 Å². The van der Waals surface area contributed by atoms with E-state index in [9.17, 15) is 9.59 Å². The molecule has 174 valence electrons. The van der Waals surface area contributed by atoms with Crippen molar-refractivity contribution < 1.29 is 19.1 Å². The number of ether oxygens (including phenoxy) is 2. The number of methoxy groups -OCH3 is 1. The number of rotatable bonds is 13. The van der Waals surface area contributed by atoms with Gasteiger partial charge in [0.25, 0.3) is 0 Å². The Balaban J connectivity index is 1.96. The smallest absolute Gasteiger partial charge is 0.242 e. The van der Waals surface area contributed by atoms with Crippen LogP contribution in [-0.2, 0) is 16.1 Å². The van der Waals surface area contributed by atoms with Crippen LogP contribution in [0.5, 0.6) is 11.5 Å². The lowest BCUT2D eigenvalue weighted by Crippen LogP contribution is -2.47. The van der Waals surface area contributed by atoms with Crippen LogP contribution in [0.2, 0.25) is 0 Å². The standard InChI is InChI=1S/C25H33BrN2O4/c1-4-5-15-27-25(30)19(2)28(18-20-8-6-9-21(26)17-20)24(29)10-7-16-32-23-13-11-22(31-3)12-14-23/h6,8-9,11-14,17,19H,4-5,7,10,15-16,18H2,1-3H3,(H,27,30)/t19-/m1/s1. The number of unbranched alkanes of at least 4 members (excludes halogenated alkanes) is 1. The summed E-state index contributed by atoms with van der Waals surface area (Å²) in [7, 11) is 1.62. The van der Waals surface area contributed by atoms with E-state index >= 15 is 0 Å². The first-order valence-electron chi connectivity index (χ1n) is 11.0. The molecule has 1 atom stereocenters. The molecule has 0 saturated carbocycles.